The number of hydrogen-bond donors (Lipinski definition) is 1. The molecule has 0 saturated heterocycles. The lowest BCUT2D eigenvalue weighted by Crippen LogP contribution is -1.99. The standard InChI is InChI=1S/C15H12ClN3O3S/c1-23(22)9-11-7-12(3-4-13(11)16)18-14-5-2-10(8-17)6-15(14)19(20)21/h2-7,18H,9H2,1H3/t23-/m1/s1. The van der Waals surface area contributed by atoms with E-state index in [9.17, 15) is 14.3 Å². The molecule has 0 heterocycles. The highest BCUT2D eigenvalue weighted by Crippen LogP contribution is 2.30. The minimum Gasteiger partial charge on any atom is -0.350 e. The van der Waals surface area contributed by atoms with Crippen molar-refractivity contribution in [1.82, 2.24) is 0 Å². The molecule has 0 aromatic heterocycles. The predicted octanol–water partition coefficient (Wildman–Crippen LogP) is 3.74. The topological polar surface area (TPSA) is 96.0 Å². The molecule has 0 unspecified atom stereocenters. The Morgan fingerprint density at radius 1 is 1.35 bits per heavy atom. The molecule has 2 rings (SSSR count). The number of benzene rings is 2. The van der Waals surface area contributed by atoms with Gasteiger partial charge < -0.3 is 5.32 Å². The number of hydrogen-bond acceptors (Lipinski definition) is 5. The first-order valence-corrected chi connectivity index (χ1v) is 8.55. The van der Waals surface area contributed by atoms with Crippen LogP contribution in [0.2, 0.25) is 5.02 Å². The average molecular weight is 350 g/mol. The minimum atomic E-state index is -1.05. The van der Waals surface area contributed by atoms with Crippen molar-refractivity contribution in [2.75, 3.05) is 11.6 Å². The molecule has 0 amide bonds. The molecule has 2 aromatic rings. The van der Waals surface area contributed by atoms with E-state index in [2.05, 4.69) is 5.32 Å². The summed E-state index contributed by atoms with van der Waals surface area (Å²) in [6.45, 7) is 0. The first kappa shape index (κ1) is 16.9. The van der Waals surface area contributed by atoms with Crippen molar-refractivity contribution in [2.45, 2.75) is 5.75 Å². The van der Waals surface area contributed by atoms with Gasteiger partial charge in [-0.05, 0) is 35.9 Å². The SMILES string of the molecule is C[S@@](=O)Cc1cc(Nc2ccc(C#N)cc2[N+](=O)[O-])ccc1Cl. The highest BCUT2D eigenvalue weighted by molar-refractivity contribution is 7.83. The van der Waals surface area contributed by atoms with E-state index >= 15 is 0 Å². The second-order valence-corrected chi connectivity index (χ2v) is 6.59. The quantitative estimate of drug-likeness (QED) is 0.655. The number of nitrogens with one attached hydrogen (secondary N) is 1. The number of nitriles is 1. The maximum atomic E-state index is 11.4. The summed E-state index contributed by atoms with van der Waals surface area (Å²) in [4.78, 5) is 10.6. The lowest BCUT2D eigenvalue weighted by Gasteiger charge is -2.10. The molecule has 0 saturated carbocycles. The molecule has 1 N–H and O–H groups in total. The molecular formula is C15H12ClN3O3S. The van der Waals surface area contributed by atoms with E-state index < -0.39 is 15.7 Å². The monoisotopic (exact) mass is 349 g/mol. The summed E-state index contributed by atoms with van der Waals surface area (Å²) in [5.41, 5.74) is 1.55. The zero-order chi connectivity index (χ0) is 17.0. The Balaban J connectivity index is 2.38. The zero-order valence-electron chi connectivity index (χ0n) is 12.1. The summed E-state index contributed by atoms with van der Waals surface area (Å²) in [7, 11) is -1.05. The van der Waals surface area contributed by atoms with Gasteiger partial charge in [0.15, 0.2) is 0 Å². The highest BCUT2D eigenvalue weighted by atomic mass is 35.5. The molecular weight excluding hydrogens is 338 g/mol. The highest BCUT2D eigenvalue weighted by Gasteiger charge is 2.15. The Hall–Kier alpha value is -2.43. The first-order valence-electron chi connectivity index (χ1n) is 6.44. The molecule has 118 valence electrons. The van der Waals surface area contributed by atoms with Crippen molar-refractivity contribution < 1.29 is 9.13 Å². The van der Waals surface area contributed by atoms with E-state index in [0.29, 0.717) is 22.0 Å². The van der Waals surface area contributed by atoms with E-state index in [0.717, 1.165) is 0 Å². The third kappa shape index (κ3) is 4.28. The molecule has 0 fully saturated rings. The van der Waals surface area contributed by atoms with Crippen molar-refractivity contribution in [3.63, 3.8) is 0 Å². The van der Waals surface area contributed by atoms with Crippen LogP contribution in [0.15, 0.2) is 36.4 Å². The molecule has 8 heteroatoms. The average Bonchev–Trinajstić information content (AvgIpc) is 2.50. The van der Waals surface area contributed by atoms with Crippen LogP contribution in [0.5, 0.6) is 0 Å². The summed E-state index contributed by atoms with van der Waals surface area (Å²) < 4.78 is 11.4. The van der Waals surface area contributed by atoms with Gasteiger partial charge in [-0.15, -0.1) is 0 Å². The lowest BCUT2D eigenvalue weighted by atomic mass is 10.1. The zero-order valence-corrected chi connectivity index (χ0v) is 13.6. The van der Waals surface area contributed by atoms with Crippen molar-refractivity contribution in [1.29, 1.82) is 5.26 Å². The molecule has 6 nitrogen and oxygen atoms in total. The van der Waals surface area contributed by atoms with Gasteiger partial charge in [-0.1, -0.05) is 11.6 Å². The maximum absolute atomic E-state index is 11.4. The van der Waals surface area contributed by atoms with E-state index in [1.165, 1.54) is 18.2 Å². The number of nitrogens with zero attached hydrogens (tertiary/aromatic N) is 2. The summed E-state index contributed by atoms with van der Waals surface area (Å²) in [5, 5.41) is 23.4. The second-order valence-electron chi connectivity index (χ2n) is 4.75. The summed E-state index contributed by atoms with van der Waals surface area (Å²) >= 11 is 6.06. The van der Waals surface area contributed by atoms with Crippen LogP contribution >= 0.6 is 11.6 Å². The van der Waals surface area contributed by atoms with Crippen LogP contribution in [-0.2, 0) is 16.6 Å². The number of nitro benzene ring substituents is 1. The molecule has 0 bridgehead atoms. The first-order chi connectivity index (χ1) is 10.9. The van der Waals surface area contributed by atoms with Gasteiger partial charge in [-0.3, -0.25) is 14.3 Å². The van der Waals surface area contributed by atoms with Gasteiger partial charge in [-0.25, -0.2) is 0 Å². The summed E-state index contributed by atoms with van der Waals surface area (Å²) in [6.07, 6.45) is 1.57. The van der Waals surface area contributed by atoms with Crippen LogP contribution in [0.3, 0.4) is 0 Å². The van der Waals surface area contributed by atoms with Gasteiger partial charge in [0.1, 0.15) is 5.69 Å². The fourth-order valence-electron chi connectivity index (χ4n) is 2.00. The number of rotatable bonds is 5. The van der Waals surface area contributed by atoms with Gasteiger partial charge in [0.25, 0.3) is 5.69 Å². The van der Waals surface area contributed by atoms with Crippen molar-refractivity contribution >= 4 is 39.5 Å². The second kappa shape index (κ2) is 7.22. The van der Waals surface area contributed by atoms with Crippen LogP contribution in [0, 0.1) is 21.4 Å². The van der Waals surface area contributed by atoms with Gasteiger partial charge in [0.2, 0.25) is 0 Å². The summed E-state index contributed by atoms with van der Waals surface area (Å²) in [5.74, 6) is 0.295. The van der Waals surface area contributed by atoms with Gasteiger partial charge in [0.05, 0.1) is 16.6 Å². The molecule has 2 aromatic carbocycles. The number of nitro groups is 1. The van der Waals surface area contributed by atoms with Crippen molar-refractivity contribution in [3.8, 4) is 6.07 Å². The molecule has 0 aliphatic rings. The molecule has 0 radical (unpaired) electrons. The molecule has 0 aliphatic carbocycles. The molecule has 1 atom stereocenters. The van der Waals surface area contributed by atoms with Crippen LogP contribution in [0.4, 0.5) is 17.1 Å². The van der Waals surface area contributed by atoms with E-state index in [1.54, 1.807) is 24.5 Å². The molecule has 23 heavy (non-hydrogen) atoms. The van der Waals surface area contributed by atoms with Gasteiger partial charge in [0, 0.05) is 39.6 Å². The smallest absolute Gasteiger partial charge is 0.293 e. The van der Waals surface area contributed by atoms with Crippen LogP contribution < -0.4 is 5.32 Å². The fourth-order valence-corrected chi connectivity index (χ4v) is 2.94. The Bertz CT molecular complexity index is 833. The number of halogens is 1. The Morgan fingerprint density at radius 2 is 2.09 bits per heavy atom. The minimum absolute atomic E-state index is 0.195. The van der Waals surface area contributed by atoms with Gasteiger partial charge in [-0.2, -0.15) is 5.26 Å². The van der Waals surface area contributed by atoms with Crippen LogP contribution in [0.25, 0.3) is 0 Å². The van der Waals surface area contributed by atoms with Crippen LogP contribution in [0.1, 0.15) is 11.1 Å². The Labute approximate surface area is 140 Å². The molecule has 0 aliphatic heterocycles. The summed E-state index contributed by atoms with van der Waals surface area (Å²) in [6, 6.07) is 11.1. The largest absolute Gasteiger partial charge is 0.350 e. The van der Waals surface area contributed by atoms with Crippen molar-refractivity contribution in [3.05, 3.63) is 62.7 Å². The Kier molecular flexibility index (Phi) is 5.32. The van der Waals surface area contributed by atoms with Crippen molar-refractivity contribution in [2.24, 2.45) is 0 Å². The van der Waals surface area contributed by atoms with Gasteiger partial charge >= 0.3 is 0 Å². The normalized spacial score (nSPS) is 11.5. The van der Waals surface area contributed by atoms with E-state index in [-0.39, 0.29) is 16.9 Å². The Morgan fingerprint density at radius 3 is 2.70 bits per heavy atom. The predicted molar refractivity (Wildman–Crippen MR) is 90.3 cm³/mol. The maximum Gasteiger partial charge on any atom is 0.293 e. The van der Waals surface area contributed by atoms with Crippen LogP contribution in [-0.4, -0.2) is 15.4 Å². The lowest BCUT2D eigenvalue weighted by molar-refractivity contribution is -0.383. The number of anilines is 2. The fraction of sp³-hybridized carbons (Fsp3) is 0.133. The van der Waals surface area contributed by atoms with E-state index in [4.69, 9.17) is 16.9 Å². The van der Waals surface area contributed by atoms with E-state index in [1.807, 2.05) is 6.07 Å². The third-order valence-corrected chi connectivity index (χ3v) is 4.09. The third-order valence-electron chi connectivity index (χ3n) is 3.01. The molecule has 0 spiro atoms.